The van der Waals surface area contributed by atoms with E-state index < -0.39 is 23.5 Å². The van der Waals surface area contributed by atoms with Gasteiger partial charge in [0.1, 0.15) is 23.9 Å². The van der Waals surface area contributed by atoms with Gasteiger partial charge in [0.2, 0.25) is 0 Å². The number of hydrogen-bond acceptors (Lipinski definition) is 5. The van der Waals surface area contributed by atoms with Crippen LogP contribution in [-0.4, -0.2) is 26.7 Å². The molecular weight excluding hydrogens is 483 g/mol. The number of carbonyl (C=O) groups excluding carboxylic acids is 2. The molecule has 0 aliphatic carbocycles. The summed E-state index contributed by atoms with van der Waals surface area (Å²) in [5.41, 5.74) is 3.10. The molecule has 0 radical (unpaired) electrons. The zero-order valence-corrected chi connectivity index (χ0v) is 20.7. The second kappa shape index (κ2) is 10.7. The van der Waals surface area contributed by atoms with Gasteiger partial charge in [0.25, 0.3) is 11.7 Å². The van der Waals surface area contributed by atoms with Crippen molar-refractivity contribution in [3.05, 3.63) is 137 Å². The largest absolute Gasteiger partial charge is 0.507 e. The van der Waals surface area contributed by atoms with Crippen molar-refractivity contribution in [1.29, 1.82) is 0 Å². The summed E-state index contributed by atoms with van der Waals surface area (Å²) in [6.07, 6.45) is 3.17. The van der Waals surface area contributed by atoms with E-state index in [0.29, 0.717) is 23.5 Å². The second-order valence-corrected chi connectivity index (χ2v) is 9.11. The highest BCUT2D eigenvalue weighted by atomic mass is 19.1. The minimum atomic E-state index is -1.10. The number of ketones is 1. The number of aliphatic hydroxyl groups excluding tert-OH is 1. The Morgan fingerprint density at radius 3 is 2.45 bits per heavy atom. The van der Waals surface area contributed by atoms with Crippen molar-refractivity contribution in [3.63, 3.8) is 0 Å². The van der Waals surface area contributed by atoms with Crippen molar-refractivity contribution in [2.75, 3.05) is 0 Å². The Morgan fingerprint density at radius 2 is 1.74 bits per heavy atom. The average Bonchev–Trinajstić information content (AvgIpc) is 3.17. The number of aliphatic hydroxyl groups is 1. The third-order valence-electron chi connectivity index (χ3n) is 6.43. The molecule has 1 saturated heterocycles. The lowest BCUT2D eigenvalue weighted by atomic mass is 9.94. The molecule has 0 spiro atoms. The van der Waals surface area contributed by atoms with E-state index in [1.54, 1.807) is 54.9 Å². The van der Waals surface area contributed by atoms with Crippen LogP contribution in [-0.2, 0) is 22.7 Å². The van der Waals surface area contributed by atoms with E-state index >= 15 is 0 Å². The summed E-state index contributed by atoms with van der Waals surface area (Å²) in [6, 6.07) is 22.9. The van der Waals surface area contributed by atoms with Gasteiger partial charge in [0.05, 0.1) is 11.6 Å². The van der Waals surface area contributed by atoms with Gasteiger partial charge in [-0.2, -0.15) is 0 Å². The number of pyridine rings is 1. The van der Waals surface area contributed by atoms with Gasteiger partial charge in [-0.25, -0.2) is 4.39 Å². The van der Waals surface area contributed by atoms with E-state index in [1.807, 2.05) is 31.2 Å². The summed E-state index contributed by atoms with van der Waals surface area (Å²) in [5, 5.41) is 11.2. The molecule has 6 nitrogen and oxygen atoms in total. The molecule has 4 aromatic rings. The molecule has 5 rings (SSSR count). The molecule has 0 saturated carbocycles. The number of halogens is 1. The molecule has 0 bridgehead atoms. The Hall–Kier alpha value is -4.78. The van der Waals surface area contributed by atoms with Gasteiger partial charge >= 0.3 is 0 Å². The number of hydrogen-bond donors (Lipinski definition) is 1. The Labute approximate surface area is 219 Å². The van der Waals surface area contributed by atoms with Gasteiger partial charge in [-0.3, -0.25) is 14.6 Å². The fraction of sp³-hybridized carbons (Fsp3) is 0.129. The predicted octanol–water partition coefficient (Wildman–Crippen LogP) is 5.73. The molecule has 1 amide bonds. The third kappa shape index (κ3) is 5.04. The maximum absolute atomic E-state index is 15.0. The lowest BCUT2D eigenvalue weighted by Crippen LogP contribution is -2.29. The number of likely N-dealkylation sites (tertiary alicyclic amines) is 1. The monoisotopic (exact) mass is 508 g/mol. The summed E-state index contributed by atoms with van der Waals surface area (Å²) in [5.74, 6) is -2.08. The van der Waals surface area contributed by atoms with E-state index in [4.69, 9.17) is 4.74 Å². The van der Waals surface area contributed by atoms with Crippen LogP contribution in [0.4, 0.5) is 4.39 Å². The van der Waals surface area contributed by atoms with Crippen LogP contribution in [0.5, 0.6) is 5.75 Å². The number of aryl methyl sites for hydroxylation is 1. The first-order valence-corrected chi connectivity index (χ1v) is 12.1. The number of nitrogens with zero attached hydrogens (tertiary/aromatic N) is 2. The van der Waals surface area contributed by atoms with Crippen LogP contribution in [0.15, 0.2) is 103 Å². The topological polar surface area (TPSA) is 79.7 Å². The maximum Gasteiger partial charge on any atom is 0.295 e. The van der Waals surface area contributed by atoms with Crippen LogP contribution < -0.4 is 4.74 Å². The molecule has 2 heterocycles. The Balaban J connectivity index is 1.48. The fourth-order valence-electron chi connectivity index (χ4n) is 4.58. The Morgan fingerprint density at radius 1 is 0.974 bits per heavy atom. The van der Waals surface area contributed by atoms with Crippen LogP contribution in [0.3, 0.4) is 0 Å². The van der Waals surface area contributed by atoms with Gasteiger partial charge in [-0.1, -0.05) is 54.1 Å². The smallest absolute Gasteiger partial charge is 0.295 e. The zero-order valence-electron chi connectivity index (χ0n) is 20.7. The minimum Gasteiger partial charge on any atom is -0.507 e. The minimum absolute atomic E-state index is 0.0277. The lowest BCUT2D eigenvalue weighted by Gasteiger charge is -2.25. The predicted molar refractivity (Wildman–Crippen MR) is 140 cm³/mol. The Kier molecular flexibility index (Phi) is 7.00. The summed E-state index contributed by atoms with van der Waals surface area (Å²) >= 11 is 0. The summed E-state index contributed by atoms with van der Waals surface area (Å²) in [4.78, 5) is 31.6. The van der Waals surface area contributed by atoms with Gasteiger partial charge < -0.3 is 14.7 Å². The van der Waals surface area contributed by atoms with Gasteiger partial charge in [0, 0.05) is 30.1 Å². The van der Waals surface area contributed by atoms with E-state index in [-0.39, 0.29) is 23.4 Å². The van der Waals surface area contributed by atoms with E-state index in [9.17, 15) is 19.1 Å². The molecule has 3 aromatic carbocycles. The molecule has 1 aromatic heterocycles. The van der Waals surface area contributed by atoms with E-state index in [0.717, 1.165) is 11.1 Å². The van der Waals surface area contributed by atoms with E-state index in [1.165, 1.54) is 23.1 Å². The molecule has 1 atom stereocenters. The number of benzene rings is 3. The maximum atomic E-state index is 15.0. The number of amides is 1. The van der Waals surface area contributed by atoms with Crippen molar-refractivity contribution >= 4 is 17.4 Å². The SMILES string of the molecule is Cc1cccc(COc2ccc(C(O)=C3C(=O)C(=O)N(Cc4cccnc4)[C@H]3c3ccccc3F)cc2)c1. The van der Waals surface area contributed by atoms with Crippen molar-refractivity contribution in [2.24, 2.45) is 0 Å². The van der Waals surface area contributed by atoms with Crippen LogP contribution >= 0.6 is 0 Å². The standard InChI is InChI=1S/C31H25FN2O4/c1-20-6-4-7-21(16-20)19-38-24-13-11-23(12-14-24)29(35)27-28(25-9-2-3-10-26(25)32)34(31(37)30(27)36)18-22-8-5-15-33-17-22/h2-17,28,35H,18-19H2,1H3/t28-/m0/s1. The van der Waals surface area contributed by atoms with Crippen LogP contribution in [0.25, 0.3) is 5.76 Å². The lowest BCUT2D eigenvalue weighted by molar-refractivity contribution is -0.140. The first-order chi connectivity index (χ1) is 18.4. The second-order valence-electron chi connectivity index (χ2n) is 9.11. The molecule has 0 unspecified atom stereocenters. The first-order valence-electron chi connectivity index (χ1n) is 12.1. The number of carbonyl (C=O) groups is 2. The van der Waals surface area contributed by atoms with Crippen molar-refractivity contribution in [2.45, 2.75) is 26.1 Å². The van der Waals surface area contributed by atoms with Crippen LogP contribution in [0.1, 0.15) is 33.9 Å². The highest BCUT2D eigenvalue weighted by Gasteiger charge is 2.46. The molecule has 1 aliphatic heterocycles. The zero-order chi connectivity index (χ0) is 26.6. The highest BCUT2D eigenvalue weighted by Crippen LogP contribution is 2.41. The summed E-state index contributed by atoms with van der Waals surface area (Å²) in [6.45, 7) is 2.41. The van der Waals surface area contributed by atoms with Gasteiger partial charge in [0.15, 0.2) is 0 Å². The number of Topliss-reactive ketones (excluding diaryl/α,β-unsaturated/α-hetero) is 1. The number of aromatic nitrogens is 1. The first kappa shape index (κ1) is 24.9. The van der Waals surface area contributed by atoms with Crippen molar-refractivity contribution < 1.29 is 23.8 Å². The van der Waals surface area contributed by atoms with Crippen molar-refractivity contribution in [1.82, 2.24) is 9.88 Å². The Bertz CT molecular complexity index is 1520. The van der Waals surface area contributed by atoms with Crippen LogP contribution in [0.2, 0.25) is 0 Å². The normalized spacial score (nSPS) is 16.6. The summed E-state index contributed by atoms with van der Waals surface area (Å²) in [7, 11) is 0. The third-order valence-corrected chi connectivity index (χ3v) is 6.43. The molecule has 1 N–H and O–H groups in total. The average molecular weight is 509 g/mol. The molecule has 1 aliphatic rings. The number of ether oxygens (including phenoxy) is 1. The van der Waals surface area contributed by atoms with E-state index in [2.05, 4.69) is 4.98 Å². The highest BCUT2D eigenvalue weighted by molar-refractivity contribution is 6.46. The molecule has 7 heteroatoms. The summed E-state index contributed by atoms with van der Waals surface area (Å²) < 4.78 is 20.8. The number of rotatable bonds is 7. The molecule has 190 valence electrons. The molecule has 38 heavy (non-hydrogen) atoms. The fourth-order valence-corrected chi connectivity index (χ4v) is 4.58. The van der Waals surface area contributed by atoms with Gasteiger partial charge in [-0.15, -0.1) is 0 Å². The molecular formula is C31H25FN2O4. The van der Waals surface area contributed by atoms with Crippen molar-refractivity contribution in [3.8, 4) is 5.75 Å². The van der Waals surface area contributed by atoms with Gasteiger partial charge in [-0.05, 0) is 54.4 Å². The quantitative estimate of drug-likeness (QED) is 0.196. The molecule has 1 fully saturated rings. The van der Waals surface area contributed by atoms with Crippen LogP contribution in [0, 0.1) is 12.7 Å².